The lowest BCUT2D eigenvalue weighted by molar-refractivity contribution is -0.120. The molecule has 5 aromatic heterocycles. The number of nitrogens with one attached hydrogen (secondary N) is 3. The van der Waals surface area contributed by atoms with Gasteiger partial charge in [0.25, 0.3) is 0 Å². The van der Waals surface area contributed by atoms with Crippen molar-refractivity contribution in [3.63, 3.8) is 0 Å². The standard InChI is InChI=1S/C30H25FN8O/c31-22-9-5-4-8-20(22)21-12-13-33-28-25(21)36-29(37-28)27-26-24(38-39-27)11-10-23(35-26)18-14-19(16-32-15-18)34-30(40)17-6-2-1-3-7-17/h4-5,8-17H,1-3,6-7H2,(H,34,40)(H,38,39)(H,33,36,37). The average molecular weight is 533 g/mol. The molecule has 0 bridgehead atoms. The van der Waals surface area contributed by atoms with E-state index in [-0.39, 0.29) is 17.6 Å². The van der Waals surface area contributed by atoms with E-state index in [1.54, 1.807) is 42.9 Å². The molecule has 10 heteroatoms. The van der Waals surface area contributed by atoms with Crippen LogP contribution >= 0.6 is 0 Å². The summed E-state index contributed by atoms with van der Waals surface area (Å²) in [4.78, 5) is 34.3. The zero-order chi connectivity index (χ0) is 27.1. The minimum Gasteiger partial charge on any atom is -0.324 e. The van der Waals surface area contributed by atoms with Crippen LogP contribution in [0.15, 0.2) is 67.1 Å². The number of carbonyl (C=O) groups is 1. The first kappa shape index (κ1) is 24.1. The third-order valence-electron chi connectivity index (χ3n) is 7.46. The summed E-state index contributed by atoms with van der Waals surface area (Å²) in [5.41, 5.74) is 6.10. The summed E-state index contributed by atoms with van der Waals surface area (Å²) in [6.45, 7) is 0. The number of aromatic amines is 2. The first-order valence-corrected chi connectivity index (χ1v) is 13.4. The first-order chi connectivity index (χ1) is 19.6. The van der Waals surface area contributed by atoms with Gasteiger partial charge in [-0.2, -0.15) is 5.10 Å². The molecular weight excluding hydrogens is 507 g/mol. The van der Waals surface area contributed by atoms with Gasteiger partial charge in [0.2, 0.25) is 5.91 Å². The van der Waals surface area contributed by atoms with Crippen LogP contribution in [0.4, 0.5) is 10.1 Å². The molecule has 198 valence electrons. The molecule has 9 nitrogen and oxygen atoms in total. The Bertz CT molecular complexity index is 1870. The van der Waals surface area contributed by atoms with E-state index in [4.69, 9.17) is 9.97 Å². The summed E-state index contributed by atoms with van der Waals surface area (Å²) in [5, 5.41) is 10.5. The van der Waals surface area contributed by atoms with Crippen LogP contribution in [0.1, 0.15) is 32.1 Å². The number of halogens is 1. The van der Waals surface area contributed by atoms with E-state index in [1.165, 1.54) is 12.5 Å². The minimum absolute atomic E-state index is 0.0485. The Kier molecular flexibility index (Phi) is 5.99. The second-order valence-electron chi connectivity index (χ2n) is 10.1. The van der Waals surface area contributed by atoms with E-state index in [0.717, 1.165) is 36.8 Å². The molecule has 7 rings (SSSR count). The fraction of sp³-hybridized carbons (Fsp3) is 0.200. The van der Waals surface area contributed by atoms with Crippen molar-refractivity contribution in [1.82, 2.24) is 35.1 Å². The van der Waals surface area contributed by atoms with Gasteiger partial charge < -0.3 is 10.3 Å². The first-order valence-electron chi connectivity index (χ1n) is 13.4. The van der Waals surface area contributed by atoms with E-state index in [1.807, 2.05) is 18.2 Å². The molecule has 5 heterocycles. The zero-order valence-corrected chi connectivity index (χ0v) is 21.5. The second kappa shape index (κ2) is 9.96. The van der Waals surface area contributed by atoms with Crippen molar-refractivity contribution < 1.29 is 9.18 Å². The smallest absolute Gasteiger partial charge is 0.227 e. The number of H-pyrrole nitrogens is 2. The van der Waals surface area contributed by atoms with Crippen LogP contribution in [0.3, 0.4) is 0 Å². The zero-order valence-electron chi connectivity index (χ0n) is 21.5. The molecular formula is C30H25FN8O. The highest BCUT2D eigenvalue weighted by Crippen LogP contribution is 2.32. The minimum atomic E-state index is -0.332. The number of rotatable bonds is 5. The number of benzene rings is 1. The Morgan fingerprint density at radius 1 is 0.950 bits per heavy atom. The summed E-state index contributed by atoms with van der Waals surface area (Å²) >= 11 is 0. The number of carbonyl (C=O) groups excluding carboxylic acids is 1. The Morgan fingerprint density at radius 3 is 2.70 bits per heavy atom. The van der Waals surface area contributed by atoms with Crippen molar-refractivity contribution in [2.75, 3.05) is 5.32 Å². The molecule has 0 atom stereocenters. The molecule has 1 amide bonds. The molecule has 1 aliphatic rings. The van der Waals surface area contributed by atoms with Gasteiger partial charge in [-0.1, -0.05) is 37.5 Å². The van der Waals surface area contributed by atoms with Crippen LogP contribution in [0.25, 0.3) is 56.1 Å². The van der Waals surface area contributed by atoms with E-state index in [2.05, 4.69) is 30.5 Å². The number of fused-ring (bicyclic) bond motifs is 2. The monoisotopic (exact) mass is 532 g/mol. The van der Waals surface area contributed by atoms with Crippen molar-refractivity contribution >= 4 is 33.8 Å². The predicted octanol–water partition coefficient (Wildman–Crippen LogP) is 6.28. The summed E-state index contributed by atoms with van der Waals surface area (Å²) < 4.78 is 14.6. The number of amides is 1. The van der Waals surface area contributed by atoms with E-state index >= 15 is 0 Å². The van der Waals surface area contributed by atoms with Crippen LogP contribution in [-0.4, -0.2) is 41.0 Å². The highest BCUT2D eigenvalue weighted by Gasteiger charge is 2.22. The van der Waals surface area contributed by atoms with E-state index < -0.39 is 0 Å². The van der Waals surface area contributed by atoms with Crippen LogP contribution in [0.2, 0.25) is 0 Å². The number of imidazole rings is 1. The second-order valence-corrected chi connectivity index (χ2v) is 10.1. The number of hydrogen-bond donors (Lipinski definition) is 3. The molecule has 1 aliphatic carbocycles. The van der Waals surface area contributed by atoms with Gasteiger partial charge in [0.15, 0.2) is 17.2 Å². The number of pyridine rings is 3. The number of anilines is 1. The fourth-order valence-corrected chi connectivity index (χ4v) is 5.40. The normalized spacial score (nSPS) is 14.1. The van der Waals surface area contributed by atoms with Gasteiger partial charge in [-0.05, 0) is 43.2 Å². The van der Waals surface area contributed by atoms with Crippen LogP contribution in [0, 0.1) is 11.7 Å². The largest absolute Gasteiger partial charge is 0.324 e. The highest BCUT2D eigenvalue weighted by molar-refractivity contribution is 5.95. The summed E-state index contributed by atoms with van der Waals surface area (Å²) in [5.74, 6) is 0.237. The molecule has 1 aromatic carbocycles. The Hall–Kier alpha value is -4.99. The fourth-order valence-electron chi connectivity index (χ4n) is 5.40. The van der Waals surface area contributed by atoms with Crippen LogP contribution < -0.4 is 5.32 Å². The van der Waals surface area contributed by atoms with Crippen molar-refractivity contribution in [3.05, 3.63) is 72.9 Å². The van der Waals surface area contributed by atoms with Gasteiger partial charge in [0.1, 0.15) is 16.9 Å². The van der Waals surface area contributed by atoms with Crippen LogP contribution in [0.5, 0.6) is 0 Å². The van der Waals surface area contributed by atoms with Gasteiger partial charge >= 0.3 is 0 Å². The molecule has 1 fully saturated rings. The molecule has 40 heavy (non-hydrogen) atoms. The summed E-state index contributed by atoms with van der Waals surface area (Å²) in [6.07, 6.45) is 10.2. The summed E-state index contributed by atoms with van der Waals surface area (Å²) in [6, 6.07) is 14.0. The SMILES string of the molecule is O=C(Nc1cncc(-c2ccc3[nH]nc(-c4nc5c(-c6ccccc6F)ccnc5[nH]4)c3n2)c1)C1CCCCC1. The number of hydrogen-bond acceptors (Lipinski definition) is 6. The van der Waals surface area contributed by atoms with Crippen molar-refractivity contribution in [3.8, 4) is 33.9 Å². The van der Waals surface area contributed by atoms with E-state index in [0.29, 0.717) is 50.7 Å². The molecule has 0 saturated heterocycles. The van der Waals surface area contributed by atoms with Gasteiger partial charge in [-0.3, -0.25) is 14.9 Å². The van der Waals surface area contributed by atoms with Gasteiger partial charge in [0, 0.05) is 35.0 Å². The van der Waals surface area contributed by atoms with Gasteiger partial charge in [-0.15, -0.1) is 0 Å². The number of aromatic nitrogens is 7. The Balaban J connectivity index is 1.23. The molecule has 3 N–H and O–H groups in total. The molecule has 6 aromatic rings. The van der Waals surface area contributed by atoms with Crippen molar-refractivity contribution in [2.24, 2.45) is 5.92 Å². The molecule has 0 aliphatic heterocycles. The molecule has 0 spiro atoms. The lowest BCUT2D eigenvalue weighted by Gasteiger charge is -2.20. The Morgan fingerprint density at radius 2 is 1.82 bits per heavy atom. The molecule has 0 unspecified atom stereocenters. The predicted molar refractivity (Wildman–Crippen MR) is 151 cm³/mol. The summed E-state index contributed by atoms with van der Waals surface area (Å²) in [7, 11) is 0. The van der Waals surface area contributed by atoms with Crippen LogP contribution in [-0.2, 0) is 4.79 Å². The topological polar surface area (TPSA) is 125 Å². The maximum absolute atomic E-state index is 14.6. The Labute approximate surface area is 228 Å². The molecule has 0 radical (unpaired) electrons. The third-order valence-corrected chi connectivity index (χ3v) is 7.46. The molecule has 1 saturated carbocycles. The maximum atomic E-state index is 14.6. The van der Waals surface area contributed by atoms with Gasteiger partial charge in [0.05, 0.1) is 23.1 Å². The maximum Gasteiger partial charge on any atom is 0.227 e. The van der Waals surface area contributed by atoms with Crippen molar-refractivity contribution in [2.45, 2.75) is 32.1 Å². The lowest BCUT2D eigenvalue weighted by atomic mass is 9.88. The lowest BCUT2D eigenvalue weighted by Crippen LogP contribution is -2.24. The quantitative estimate of drug-likeness (QED) is 0.240. The highest BCUT2D eigenvalue weighted by atomic mass is 19.1. The average Bonchev–Trinajstić information content (AvgIpc) is 3.62. The van der Waals surface area contributed by atoms with Crippen molar-refractivity contribution in [1.29, 1.82) is 0 Å². The van der Waals surface area contributed by atoms with Gasteiger partial charge in [-0.25, -0.2) is 19.3 Å². The third kappa shape index (κ3) is 4.37. The van der Waals surface area contributed by atoms with E-state index in [9.17, 15) is 9.18 Å². The number of nitrogens with zero attached hydrogens (tertiary/aromatic N) is 5.